The number of esters is 1. The van der Waals surface area contributed by atoms with Gasteiger partial charge in [0.05, 0.1) is 18.9 Å². The lowest BCUT2D eigenvalue weighted by atomic mass is 10.3. The topological polar surface area (TPSA) is 74.2 Å². The first-order valence-corrected chi connectivity index (χ1v) is 4.78. The molecule has 6 heteroatoms. The van der Waals surface area contributed by atoms with Crippen LogP contribution in [0.1, 0.15) is 10.4 Å². The molecule has 0 saturated carbocycles. The summed E-state index contributed by atoms with van der Waals surface area (Å²) in [5.74, 6) is -0.101. The highest BCUT2D eigenvalue weighted by Crippen LogP contribution is 2.17. The average Bonchev–Trinajstić information content (AvgIpc) is 2.39. The molecule has 0 aliphatic rings. The second-order valence-corrected chi connectivity index (χ2v) is 3.03. The summed E-state index contributed by atoms with van der Waals surface area (Å²) in [6.45, 7) is 0. The van der Waals surface area contributed by atoms with Gasteiger partial charge in [-0.15, -0.1) is 0 Å². The summed E-state index contributed by atoms with van der Waals surface area (Å²) in [5, 5.41) is 0. The molecule has 2 aromatic rings. The molecule has 2 heterocycles. The Morgan fingerprint density at radius 3 is 2.71 bits per heavy atom. The van der Waals surface area contributed by atoms with E-state index >= 15 is 0 Å². The largest absolute Gasteiger partial charge is 0.465 e. The number of hydrogen-bond acceptors (Lipinski definition) is 6. The van der Waals surface area contributed by atoms with Crippen LogP contribution < -0.4 is 4.74 Å². The van der Waals surface area contributed by atoms with E-state index in [0.29, 0.717) is 11.3 Å². The molecule has 0 aromatic carbocycles. The molecule has 0 unspecified atom stereocenters. The minimum atomic E-state index is -0.475. The molecule has 6 nitrogen and oxygen atoms in total. The number of carbonyl (C=O) groups excluding carboxylic acids is 1. The molecule has 0 fully saturated rings. The van der Waals surface area contributed by atoms with E-state index in [-0.39, 0.29) is 6.01 Å². The number of hydrogen-bond donors (Lipinski definition) is 0. The Labute approximate surface area is 97.3 Å². The average molecular weight is 231 g/mol. The second-order valence-electron chi connectivity index (χ2n) is 3.03. The summed E-state index contributed by atoms with van der Waals surface area (Å²) < 4.78 is 9.90. The van der Waals surface area contributed by atoms with E-state index in [1.54, 1.807) is 18.5 Å². The van der Waals surface area contributed by atoms with Crippen molar-refractivity contribution in [1.82, 2.24) is 15.0 Å². The quantitative estimate of drug-likeness (QED) is 0.744. The Hall–Kier alpha value is -2.50. The molecule has 0 atom stereocenters. The zero-order chi connectivity index (χ0) is 12.1. The summed E-state index contributed by atoms with van der Waals surface area (Å²) in [6.07, 6.45) is 5.97. The van der Waals surface area contributed by atoms with E-state index in [1.165, 1.54) is 25.6 Å². The van der Waals surface area contributed by atoms with Gasteiger partial charge in [0.1, 0.15) is 5.75 Å². The maximum absolute atomic E-state index is 11.3. The van der Waals surface area contributed by atoms with Gasteiger partial charge < -0.3 is 9.47 Å². The van der Waals surface area contributed by atoms with Gasteiger partial charge in [0, 0.05) is 18.6 Å². The van der Waals surface area contributed by atoms with Gasteiger partial charge in [0.25, 0.3) is 0 Å². The molecule has 2 rings (SSSR count). The first kappa shape index (κ1) is 11.0. The minimum absolute atomic E-state index is 0.191. The van der Waals surface area contributed by atoms with Crippen molar-refractivity contribution in [2.24, 2.45) is 0 Å². The number of pyridine rings is 1. The minimum Gasteiger partial charge on any atom is -0.465 e. The van der Waals surface area contributed by atoms with E-state index in [0.717, 1.165) is 0 Å². The molecule has 17 heavy (non-hydrogen) atoms. The third-order valence-electron chi connectivity index (χ3n) is 1.89. The smallest absolute Gasteiger partial charge is 0.339 e. The van der Waals surface area contributed by atoms with Crippen LogP contribution in [-0.2, 0) is 4.74 Å². The molecular formula is C11H9N3O3. The van der Waals surface area contributed by atoms with Crippen molar-refractivity contribution in [2.45, 2.75) is 0 Å². The molecular weight excluding hydrogens is 222 g/mol. The SMILES string of the molecule is COC(=O)c1cncc(Oc2ncccn2)c1. The third-order valence-corrected chi connectivity index (χ3v) is 1.89. The number of aromatic nitrogens is 3. The fourth-order valence-corrected chi connectivity index (χ4v) is 1.15. The fourth-order valence-electron chi connectivity index (χ4n) is 1.15. The monoisotopic (exact) mass is 231 g/mol. The molecule has 0 N–H and O–H groups in total. The molecule has 0 spiro atoms. The van der Waals surface area contributed by atoms with Crippen molar-refractivity contribution in [1.29, 1.82) is 0 Å². The molecule has 0 aliphatic heterocycles. The number of methoxy groups -OCH3 is 1. The van der Waals surface area contributed by atoms with Gasteiger partial charge in [-0.2, -0.15) is 0 Å². The van der Waals surface area contributed by atoms with Crippen LogP contribution >= 0.6 is 0 Å². The molecule has 0 bridgehead atoms. The van der Waals surface area contributed by atoms with Gasteiger partial charge >= 0.3 is 12.0 Å². The van der Waals surface area contributed by atoms with Crippen LogP contribution in [0.15, 0.2) is 36.9 Å². The zero-order valence-corrected chi connectivity index (χ0v) is 9.03. The van der Waals surface area contributed by atoms with Gasteiger partial charge in [-0.3, -0.25) is 4.98 Å². The summed E-state index contributed by atoms with van der Waals surface area (Å²) in [5.41, 5.74) is 0.306. The maximum Gasteiger partial charge on any atom is 0.339 e. The number of rotatable bonds is 3. The van der Waals surface area contributed by atoms with Crippen molar-refractivity contribution >= 4 is 5.97 Å². The summed E-state index contributed by atoms with van der Waals surface area (Å²) in [6, 6.07) is 3.38. The highest BCUT2D eigenvalue weighted by Gasteiger charge is 2.08. The van der Waals surface area contributed by atoms with E-state index in [4.69, 9.17) is 4.74 Å². The van der Waals surface area contributed by atoms with Crippen LogP contribution in [0.25, 0.3) is 0 Å². The maximum atomic E-state index is 11.3. The van der Waals surface area contributed by atoms with Crippen LogP contribution in [0.3, 0.4) is 0 Å². The number of carbonyl (C=O) groups is 1. The molecule has 86 valence electrons. The Morgan fingerprint density at radius 2 is 2.00 bits per heavy atom. The Kier molecular flexibility index (Phi) is 3.25. The first-order chi connectivity index (χ1) is 8.29. The highest BCUT2D eigenvalue weighted by atomic mass is 16.5. The molecule has 0 saturated heterocycles. The lowest BCUT2D eigenvalue weighted by Crippen LogP contribution is -2.02. The van der Waals surface area contributed by atoms with Gasteiger partial charge in [-0.1, -0.05) is 0 Å². The predicted octanol–water partition coefficient (Wildman–Crippen LogP) is 1.45. The lowest BCUT2D eigenvalue weighted by Gasteiger charge is -2.03. The van der Waals surface area contributed by atoms with E-state index in [1.807, 2.05) is 0 Å². The van der Waals surface area contributed by atoms with Crippen LogP contribution in [0.4, 0.5) is 0 Å². The highest BCUT2D eigenvalue weighted by molar-refractivity contribution is 5.89. The fraction of sp³-hybridized carbons (Fsp3) is 0.0909. The van der Waals surface area contributed by atoms with Crippen LogP contribution in [-0.4, -0.2) is 28.0 Å². The van der Waals surface area contributed by atoms with E-state index < -0.39 is 5.97 Å². The Morgan fingerprint density at radius 1 is 1.24 bits per heavy atom. The lowest BCUT2D eigenvalue weighted by molar-refractivity contribution is 0.0600. The van der Waals surface area contributed by atoms with Gasteiger partial charge in [0.2, 0.25) is 0 Å². The van der Waals surface area contributed by atoms with Crippen LogP contribution in [0.5, 0.6) is 11.8 Å². The second kappa shape index (κ2) is 5.02. The molecule has 2 aromatic heterocycles. The third kappa shape index (κ3) is 2.75. The van der Waals surface area contributed by atoms with Crippen molar-refractivity contribution in [3.63, 3.8) is 0 Å². The summed E-state index contributed by atoms with van der Waals surface area (Å²) in [7, 11) is 1.30. The van der Waals surface area contributed by atoms with Gasteiger partial charge in [-0.05, 0) is 12.1 Å². The standard InChI is InChI=1S/C11H9N3O3/c1-16-10(15)8-5-9(7-12-6-8)17-11-13-3-2-4-14-11/h2-7H,1H3. The van der Waals surface area contributed by atoms with Crippen LogP contribution in [0, 0.1) is 0 Å². The number of ether oxygens (including phenoxy) is 2. The summed E-state index contributed by atoms with van der Waals surface area (Å²) >= 11 is 0. The normalized spacial score (nSPS) is 9.71. The van der Waals surface area contributed by atoms with E-state index in [9.17, 15) is 4.79 Å². The van der Waals surface area contributed by atoms with Crippen molar-refractivity contribution in [3.05, 3.63) is 42.5 Å². The van der Waals surface area contributed by atoms with E-state index in [2.05, 4.69) is 19.7 Å². The Bertz CT molecular complexity index is 516. The summed E-state index contributed by atoms with van der Waals surface area (Å²) in [4.78, 5) is 22.9. The van der Waals surface area contributed by atoms with Gasteiger partial charge in [-0.25, -0.2) is 14.8 Å². The predicted molar refractivity (Wildman–Crippen MR) is 57.7 cm³/mol. The molecule has 0 radical (unpaired) electrons. The van der Waals surface area contributed by atoms with Crippen LogP contribution in [0.2, 0.25) is 0 Å². The molecule has 0 aliphatic carbocycles. The van der Waals surface area contributed by atoms with Crippen molar-refractivity contribution in [2.75, 3.05) is 7.11 Å². The first-order valence-electron chi connectivity index (χ1n) is 4.78. The van der Waals surface area contributed by atoms with Crippen molar-refractivity contribution in [3.8, 4) is 11.8 Å². The van der Waals surface area contributed by atoms with Gasteiger partial charge in [0.15, 0.2) is 0 Å². The number of nitrogens with zero attached hydrogens (tertiary/aromatic N) is 3. The molecule has 0 amide bonds. The Balaban J connectivity index is 2.20. The zero-order valence-electron chi connectivity index (χ0n) is 9.03. The van der Waals surface area contributed by atoms with Crippen molar-refractivity contribution < 1.29 is 14.3 Å².